The molecule has 0 aliphatic heterocycles. The number of aryl methyl sites for hydroxylation is 1. The van der Waals surface area contributed by atoms with Gasteiger partial charge < -0.3 is 10.1 Å². The Hall–Kier alpha value is -1.85. The van der Waals surface area contributed by atoms with Crippen molar-refractivity contribution >= 4 is 39.8 Å². The molecule has 1 aliphatic carbocycles. The highest BCUT2D eigenvalue weighted by Gasteiger charge is 2.28. The van der Waals surface area contributed by atoms with Crippen LogP contribution in [0, 0.1) is 5.92 Å². The van der Waals surface area contributed by atoms with E-state index in [1.807, 2.05) is 24.3 Å². The number of anilines is 1. The minimum absolute atomic E-state index is 0.109. The first-order valence-corrected chi connectivity index (χ1v) is 9.94. The van der Waals surface area contributed by atoms with E-state index in [0.717, 1.165) is 30.4 Å². The molecule has 1 heterocycles. The number of nitrogens with one attached hydrogen (secondary N) is 1. The third-order valence-corrected chi connectivity index (χ3v) is 6.09. The molecule has 1 aromatic carbocycles. The molecule has 1 atom stereocenters. The average Bonchev–Trinajstić information content (AvgIpc) is 2.96. The molecule has 0 radical (unpaired) electrons. The Bertz CT molecular complexity index is 830. The largest absolute Gasteiger partial charge is 0.465 e. The van der Waals surface area contributed by atoms with Gasteiger partial charge in [0.05, 0.1) is 12.7 Å². The van der Waals surface area contributed by atoms with Crippen molar-refractivity contribution < 1.29 is 14.3 Å². The van der Waals surface area contributed by atoms with Crippen LogP contribution in [-0.4, -0.2) is 19.0 Å². The van der Waals surface area contributed by atoms with Gasteiger partial charge in [0.25, 0.3) is 0 Å². The van der Waals surface area contributed by atoms with E-state index in [1.54, 1.807) is 0 Å². The number of carbonyl (C=O) groups is 2. The SMILES string of the molecule is COC(=O)c1c(NC(=O)CCc2cccc(Cl)c2)sc2c1CCC(C)C2. The number of amides is 1. The van der Waals surface area contributed by atoms with Crippen molar-refractivity contribution in [3.8, 4) is 0 Å². The van der Waals surface area contributed by atoms with Crippen LogP contribution in [0.15, 0.2) is 24.3 Å². The molecule has 2 aromatic rings. The van der Waals surface area contributed by atoms with E-state index in [-0.39, 0.29) is 11.9 Å². The second-order valence-electron chi connectivity index (χ2n) is 6.73. The smallest absolute Gasteiger partial charge is 0.341 e. The summed E-state index contributed by atoms with van der Waals surface area (Å²) in [5.74, 6) is 0.113. The molecule has 0 spiro atoms. The van der Waals surface area contributed by atoms with Crippen molar-refractivity contribution in [3.63, 3.8) is 0 Å². The van der Waals surface area contributed by atoms with Gasteiger partial charge in [0.1, 0.15) is 5.00 Å². The molecule has 26 heavy (non-hydrogen) atoms. The Kier molecular flexibility index (Phi) is 5.99. The van der Waals surface area contributed by atoms with Crippen LogP contribution in [0.3, 0.4) is 0 Å². The molecule has 6 heteroatoms. The third-order valence-electron chi connectivity index (χ3n) is 4.68. The fourth-order valence-electron chi connectivity index (χ4n) is 3.30. The van der Waals surface area contributed by atoms with Crippen molar-refractivity contribution in [2.45, 2.75) is 39.0 Å². The van der Waals surface area contributed by atoms with Crippen molar-refractivity contribution in [1.82, 2.24) is 0 Å². The normalized spacial score (nSPS) is 16.0. The molecule has 1 aromatic heterocycles. The summed E-state index contributed by atoms with van der Waals surface area (Å²) in [6.07, 6.45) is 3.79. The minimum Gasteiger partial charge on any atom is -0.465 e. The van der Waals surface area contributed by atoms with Gasteiger partial charge in [-0.25, -0.2) is 4.79 Å². The highest BCUT2D eigenvalue weighted by molar-refractivity contribution is 7.17. The maximum absolute atomic E-state index is 12.4. The summed E-state index contributed by atoms with van der Waals surface area (Å²) in [5.41, 5.74) is 2.60. The standard InChI is InChI=1S/C20H22ClNO3S/c1-12-6-8-15-16(10-12)26-19(18(15)20(24)25-2)22-17(23)9-7-13-4-3-5-14(21)11-13/h3-5,11-12H,6-10H2,1-2H3,(H,22,23). The van der Waals surface area contributed by atoms with Crippen LogP contribution in [-0.2, 0) is 28.8 Å². The minimum atomic E-state index is -0.373. The molecule has 0 bridgehead atoms. The number of benzene rings is 1. The molecule has 1 unspecified atom stereocenters. The number of carbonyl (C=O) groups excluding carboxylic acids is 2. The van der Waals surface area contributed by atoms with E-state index >= 15 is 0 Å². The number of hydrogen-bond donors (Lipinski definition) is 1. The molecule has 0 fully saturated rings. The van der Waals surface area contributed by atoms with Gasteiger partial charge in [-0.3, -0.25) is 4.79 Å². The predicted molar refractivity (Wildman–Crippen MR) is 105 cm³/mol. The Balaban J connectivity index is 1.74. The Morgan fingerprint density at radius 2 is 2.19 bits per heavy atom. The van der Waals surface area contributed by atoms with Gasteiger partial charge in [0, 0.05) is 16.3 Å². The van der Waals surface area contributed by atoms with Crippen molar-refractivity contribution in [2.24, 2.45) is 5.92 Å². The Labute approximate surface area is 162 Å². The van der Waals surface area contributed by atoms with Crippen LogP contribution in [0.1, 0.15) is 46.1 Å². The summed E-state index contributed by atoms with van der Waals surface area (Å²) in [5, 5.41) is 4.21. The molecule has 0 saturated heterocycles. The molecule has 0 saturated carbocycles. The van der Waals surface area contributed by atoms with Gasteiger partial charge in [-0.15, -0.1) is 11.3 Å². The number of fused-ring (bicyclic) bond motifs is 1. The van der Waals surface area contributed by atoms with Crippen LogP contribution in [0.5, 0.6) is 0 Å². The fourth-order valence-corrected chi connectivity index (χ4v) is 4.92. The van der Waals surface area contributed by atoms with Gasteiger partial charge in [-0.05, 0) is 54.9 Å². The summed E-state index contributed by atoms with van der Waals surface area (Å²) in [6.45, 7) is 2.21. The Morgan fingerprint density at radius 3 is 2.92 bits per heavy atom. The third kappa shape index (κ3) is 4.27. The van der Waals surface area contributed by atoms with Crippen LogP contribution < -0.4 is 5.32 Å². The molecule has 4 nitrogen and oxygen atoms in total. The van der Waals surface area contributed by atoms with E-state index in [2.05, 4.69) is 12.2 Å². The summed E-state index contributed by atoms with van der Waals surface area (Å²) < 4.78 is 4.95. The van der Waals surface area contributed by atoms with E-state index in [4.69, 9.17) is 16.3 Å². The lowest BCUT2D eigenvalue weighted by molar-refractivity contribution is -0.116. The molecular formula is C20H22ClNO3S. The molecule has 1 amide bonds. The molecule has 138 valence electrons. The van der Waals surface area contributed by atoms with Gasteiger partial charge >= 0.3 is 5.97 Å². The topological polar surface area (TPSA) is 55.4 Å². The first-order chi connectivity index (χ1) is 12.5. The number of hydrogen-bond acceptors (Lipinski definition) is 4. The second-order valence-corrected chi connectivity index (χ2v) is 8.27. The number of ether oxygens (including phenoxy) is 1. The number of rotatable bonds is 5. The van der Waals surface area contributed by atoms with Crippen molar-refractivity contribution in [3.05, 3.63) is 50.9 Å². The summed E-state index contributed by atoms with van der Waals surface area (Å²) in [6, 6.07) is 7.49. The van der Waals surface area contributed by atoms with Gasteiger partial charge in [-0.2, -0.15) is 0 Å². The average molecular weight is 392 g/mol. The quantitative estimate of drug-likeness (QED) is 0.738. The Morgan fingerprint density at radius 1 is 1.38 bits per heavy atom. The van der Waals surface area contributed by atoms with E-state index < -0.39 is 0 Å². The first-order valence-electron chi connectivity index (χ1n) is 8.75. The lowest BCUT2D eigenvalue weighted by atomic mass is 9.88. The van der Waals surface area contributed by atoms with E-state index in [1.165, 1.54) is 23.3 Å². The lowest BCUT2D eigenvalue weighted by Crippen LogP contribution is -2.16. The summed E-state index contributed by atoms with van der Waals surface area (Å²) in [7, 11) is 1.38. The maximum Gasteiger partial charge on any atom is 0.341 e. The first kappa shape index (κ1) is 18.9. The van der Waals surface area contributed by atoms with Crippen molar-refractivity contribution in [1.29, 1.82) is 0 Å². The molecule has 3 rings (SSSR count). The highest BCUT2D eigenvalue weighted by atomic mass is 35.5. The number of halogens is 1. The summed E-state index contributed by atoms with van der Waals surface area (Å²) >= 11 is 7.49. The zero-order chi connectivity index (χ0) is 18.7. The van der Waals surface area contributed by atoms with Gasteiger partial charge in [-0.1, -0.05) is 30.7 Å². The van der Waals surface area contributed by atoms with E-state index in [0.29, 0.717) is 34.3 Å². The zero-order valence-electron chi connectivity index (χ0n) is 14.9. The van der Waals surface area contributed by atoms with Crippen LogP contribution >= 0.6 is 22.9 Å². The second kappa shape index (κ2) is 8.23. The fraction of sp³-hybridized carbons (Fsp3) is 0.400. The van der Waals surface area contributed by atoms with Crippen molar-refractivity contribution in [2.75, 3.05) is 12.4 Å². The van der Waals surface area contributed by atoms with Crippen LogP contribution in [0.2, 0.25) is 5.02 Å². The summed E-state index contributed by atoms with van der Waals surface area (Å²) in [4.78, 5) is 25.9. The molecular weight excluding hydrogens is 370 g/mol. The number of thiophene rings is 1. The molecule has 1 N–H and O–H groups in total. The lowest BCUT2D eigenvalue weighted by Gasteiger charge is -2.18. The molecule has 1 aliphatic rings. The van der Waals surface area contributed by atoms with Crippen LogP contribution in [0.25, 0.3) is 0 Å². The maximum atomic E-state index is 12.4. The predicted octanol–water partition coefficient (Wildman–Crippen LogP) is 4.88. The highest BCUT2D eigenvalue weighted by Crippen LogP contribution is 2.40. The monoisotopic (exact) mass is 391 g/mol. The van der Waals surface area contributed by atoms with E-state index in [9.17, 15) is 9.59 Å². The van der Waals surface area contributed by atoms with Gasteiger partial charge in [0.2, 0.25) is 5.91 Å². The zero-order valence-corrected chi connectivity index (χ0v) is 16.5. The number of esters is 1. The number of methoxy groups -OCH3 is 1. The van der Waals surface area contributed by atoms with Crippen LogP contribution in [0.4, 0.5) is 5.00 Å². The van der Waals surface area contributed by atoms with Gasteiger partial charge in [0.15, 0.2) is 0 Å².